The normalized spacial score (nSPS) is 10.7. The molecule has 0 unspecified atom stereocenters. The number of aliphatic imine (C=N–C) groups is 1. The third-order valence-corrected chi connectivity index (χ3v) is 4.12. The highest BCUT2D eigenvalue weighted by Gasteiger charge is 2.04. The largest absolute Gasteiger partial charge is 0.352 e. The van der Waals surface area contributed by atoms with Gasteiger partial charge in [0.1, 0.15) is 0 Å². The molecule has 0 atom stereocenters. The Bertz CT molecular complexity index is 641. The van der Waals surface area contributed by atoms with E-state index in [2.05, 4.69) is 32.4 Å². The first-order chi connectivity index (χ1) is 11.2. The molecule has 1 aromatic carbocycles. The molecule has 0 bridgehead atoms. The molecule has 130 valence electrons. The number of thiophene rings is 1. The zero-order chi connectivity index (χ0) is 16.5. The summed E-state index contributed by atoms with van der Waals surface area (Å²) in [7, 11) is 1.75. The fourth-order valence-electron chi connectivity index (χ4n) is 2.03. The number of hydrogen-bond donors (Lipinski definition) is 3. The van der Waals surface area contributed by atoms with Gasteiger partial charge < -0.3 is 16.0 Å². The lowest BCUT2D eigenvalue weighted by Crippen LogP contribution is -2.36. The molecule has 2 rings (SSSR count). The molecule has 7 heteroatoms. The van der Waals surface area contributed by atoms with Gasteiger partial charge in [-0.3, -0.25) is 9.79 Å². The molecule has 0 saturated heterocycles. The van der Waals surface area contributed by atoms with Crippen LogP contribution in [0.1, 0.15) is 27.7 Å². The Labute approximate surface area is 164 Å². The number of nitrogens with one attached hydrogen (secondary N) is 3. The maximum Gasteiger partial charge on any atom is 0.251 e. The molecular formula is C17H23IN4OS. The molecule has 3 N–H and O–H groups in total. The van der Waals surface area contributed by atoms with Crippen LogP contribution in [0.4, 0.5) is 0 Å². The van der Waals surface area contributed by atoms with Gasteiger partial charge in [-0.1, -0.05) is 18.2 Å². The second-order valence-corrected chi connectivity index (χ2v) is 5.95. The molecule has 0 saturated carbocycles. The molecular weight excluding hydrogens is 435 g/mol. The molecule has 5 nitrogen and oxygen atoms in total. The molecule has 0 aliphatic heterocycles. The molecule has 0 aliphatic carbocycles. The summed E-state index contributed by atoms with van der Waals surface area (Å²) in [4.78, 5) is 17.2. The molecule has 0 aliphatic rings. The van der Waals surface area contributed by atoms with E-state index in [-0.39, 0.29) is 29.9 Å². The van der Waals surface area contributed by atoms with E-state index in [1.165, 1.54) is 4.88 Å². The monoisotopic (exact) mass is 458 g/mol. The topological polar surface area (TPSA) is 65.5 Å². The molecule has 1 amide bonds. The first-order valence-corrected chi connectivity index (χ1v) is 8.45. The molecule has 0 spiro atoms. The van der Waals surface area contributed by atoms with Crippen LogP contribution < -0.4 is 16.0 Å². The highest BCUT2D eigenvalue weighted by atomic mass is 127. The van der Waals surface area contributed by atoms with Gasteiger partial charge in [0.05, 0.1) is 6.54 Å². The van der Waals surface area contributed by atoms with Crippen LogP contribution in [-0.4, -0.2) is 25.5 Å². The second-order valence-electron chi connectivity index (χ2n) is 4.92. The van der Waals surface area contributed by atoms with Crippen molar-refractivity contribution >= 4 is 47.2 Å². The van der Waals surface area contributed by atoms with E-state index < -0.39 is 0 Å². The van der Waals surface area contributed by atoms with Crippen molar-refractivity contribution in [1.29, 1.82) is 0 Å². The fourth-order valence-corrected chi connectivity index (χ4v) is 2.67. The van der Waals surface area contributed by atoms with Crippen molar-refractivity contribution in [3.63, 3.8) is 0 Å². The molecule has 1 aromatic heterocycles. The van der Waals surface area contributed by atoms with E-state index in [4.69, 9.17) is 0 Å². The Morgan fingerprint density at radius 3 is 2.38 bits per heavy atom. The Balaban J connectivity index is 0.00000288. The Kier molecular flexibility index (Phi) is 9.39. The van der Waals surface area contributed by atoms with Crippen LogP contribution in [0.2, 0.25) is 0 Å². The summed E-state index contributed by atoms with van der Waals surface area (Å²) in [6.07, 6.45) is 0. The van der Waals surface area contributed by atoms with E-state index in [1.54, 1.807) is 18.4 Å². The van der Waals surface area contributed by atoms with Crippen LogP contribution in [0.15, 0.2) is 46.8 Å². The van der Waals surface area contributed by atoms with Gasteiger partial charge in [0.25, 0.3) is 5.91 Å². The Morgan fingerprint density at radius 1 is 1.08 bits per heavy atom. The number of nitrogens with zero attached hydrogens (tertiary/aromatic N) is 1. The van der Waals surface area contributed by atoms with Gasteiger partial charge in [-0.15, -0.1) is 35.3 Å². The minimum atomic E-state index is -0.0413. The zero-order valence-electron chi connectivity index (χ0n) is 13.8. The maximum atomic E-state index is 11.7. The van der Waals surface area contributed by atoms with Gasteiger partial charge in [-0.2, -0.15) is 0 Å². The van der Waals surface area contributed by atoms with Crippen molar-refractivity contribution < 1.29 is 4.79 Å². The van der Waals surface area contributed by atoms with E-state index in [9.17, 15) is 4.79 Å². The first-order valence-electron chi connectivity index (χ1n) is 7.57. The summed E-state index contributed by atoms with van der Waals surface area (Å²) < 4.78 is 0. The lowest BCUT2D eigenvalue weighted by molar-refractivity contribution is 0.0956. The predicted molar refractivity (Wildman–Crippen MR) is 111 cm³/mol. The van der Waals surface area contributed by atoms with Gasteiger partial charge in [-0.05, 0) is 36.1 Å². The lowest BCUT2D eigenvalue weighted by Gasteiger charge is -2.11. The molecule has 24 heavy (non-hydrogen) atoms. The Morgan fingerprint density at radius 2 is 1.79 bits per heavy atom. The molecule has 0 radical (unpaired) electrons. The summed E-state index contributed by atoms with van der Waals surface area (Å²) in [5, 5.41) is 11.4. The molecule has 2 aromatic rings. The van der Waals surface area contributed by atoms with Crippen LogP contribution in [0.25, 0.3) is 0 Å². The smallest absolute Gasteiger partial charge is 0.251 e. The molecule has 1 heterocycles. The summed E-state index contributed by atoms with van der Waals surface area (Å²) in [6.45, 7) is 3.95. The average molecular weight is 458 g/mol. The number of hydrogen-bond acceptors (Lipinski definition) is 3. The third kappa shape index (κ3) is 6.48. The minimum Gasteiger partial charge on any atom is -0.352 e. The highest BCUT2D eigenvalue weighted by molar-refractivity contribution is 14.0. The quantitative estimate of drug-likeness (QED) is 0.354. The predicted octanol–water partition coefficient (Wildman–Crippen LogP) is 2.98. The van der Waals surface area contributed by atoms with Gasteiger partial charge in [0.2, 0.25) is 0 Å². The first kappa shape index (κ1) is 20.4. The fraction of sp³-hybridized carbons (Fsp3) is 0.294. The van der Waals surface area contributed by atoms with Crippen molar-refractivity contribution in [1.82, 2.24) is 16.0 Å². The summed E-state index contributed by atoms with van der Waals surface area (Å²) in [5.41, 5.74) is 1.77. The van der Waals surface area contributed by atoms with Crippen molar-refractivity contribution in [2.24, 2.45) is 4.99 Å². The van der Waals surface area contributed by atoms with E-state index >= 15 is 0 Å². The maximum absolute atomic E-state index is 11.7. The number of rotatable bonds is 6. The van der Waals surface area contributed by atoms with Crippen molar-refractivity contribution in [2.75, 3.05) is 13.6 Å². The van der Waals surface area contributed by atoms with E-state index in [1.807, 2.05) is 37.3 Å². The summed E-state index contributed by atoms with van der Waals surface area (Å²) in [5.74, 6) is 0.714. The minimum absolute atomic E-state index is 0. The lowest BCUT2D eigenvalue weighted by atomic mass is 10.1. The number of guanidine groups is 1. The zero-order valence-corrected chi connectivity index (χ0v) is 17.0. The van der Waals surface area contributed by atoms with E-state index in [0.29, 0.717) is 18.7 Å². The van der Waals surface area contributed by atoms with Crippen LogP contribution in [0, 0.1) is 0 Å². The standard InChI is InChI=1S/C17H22N4OS.HI/c1-3-19-16(22)14-8-6-13(7-9-14)11-20-17(18-2)21-12-15-5-4-10-23-15;/h4-10H,3,11-12H2,1-2H3,(H,19,22)(H2,18,20,21);1H. The molecule has 0 fully saturated rings. The van der Waals surface area contributed by atoms with Gasteiger partial charge >= 0.3 is 0 Å². The highest BCUT2D eigenvalue weighted by Crippen LogP contribution is 2.07. The number of carbonyl (C=O) groups is 1. The van der Waals surface area contributed by atoms with Crippen molar-refractivity contribution in [3.8, 4) is 0 Å². The van der Waals surface area contributed by atoms with Gasteiger partial charge in [-0.25, -0.2) is 0 Å². The van der Waals surface area contributed by atoms with Crippen molar-refractivity contribution in [2.45, 2.75) is 20.0 Å². The van der Waals surface area contributed by atoms with Crippen LogP contribution in [0.5, 0.6) is 0 Å². The summed E-state index contributed by atoms with van der Waals surface area (Å²) in [6, 6.07) is 11.7. The summed E-state index contributed by atoms with van der Waals surface area (Å²) >= 11 is 1.71. The third-order valence-electron chi connectivity index (χ3n) is 3.25. The van der Waals surface area contributed by atoms with Gasteiger partial charge in [0.15, 0.2) is 5.96 Å². The van der Waals surface area contributed by atoms with Crippen LogP contribution in [-0.2, 0) is 13.1 Å². The number of amides is 1. The van der Waals surface area contributed by atoms with Gasteiger partial charge in [0, 0.05) is 30.6 Å². The number of halogens is 1. The van der Waals surface area contributed by atoms with Crippen molar-refractivity contribution in [3.05, 3.63) is 57.8 Å². The SMILES string of the molecule is CCNC(=O)c1ccc(CNC(=NC)NCc2cccs2)cc1.I. The Hall–Kier alpha value is -1.61. The second kappa shape index (κ2) is 11.0. The van der Waals surface area contributed by atoms with Crippen LogP contribution in [0.3, 0.4) is 0 Å². The van der Waals surface area contributed by atoms with E-state index in [0.717, 1.165) is 18.1 Å². The average Bonchev–Trinajstić information content (AvgIpc) is 3.09. The number of carbonyl (C=O) groups excluding carboxylic acids is 1. The number of benzene rings is 1. The van der Waals surface area contributed by atoms with Crippen LogP contribution >= 0.6 is 35.3 Å².